The zero-order valence-electron chi connectivity index (χ0n) is 20.6. The van der Waals surface area contributed by atoms with Gasteiger partial charge in [-0.3, -0.25) is 4.79 Å². The highest BCUT2D eigenvalue weighted by atomic mass is 16.4. The summed E-state index contributed by atoms with van der Waals surface area (Å²) in [7, 11) is 0. The summed E-state index contributed by atoms with van der Waals surface area (Å²) in [4.78, 5) is 36.3. The second kappa shape index (κ2) is 10.5. The van der Waals surface area contributed by atoms with Gasteiger partial charge in [0.25, 0.3) is 5.91 Å². The van der Waals surface area contributed by atoms with Gasteiger partial charge in [0.05, 0.1) is 17.3 Å². The smallest absolute Gasteiger partial charge is 0.335 e. The third kappa shape index (κ3) is 4.95. The largest absolute Gasteiger partial charge is 0.478 e. The number of aromatic carboxylic acids is 2. The van der Waals surface area contributed by atoms with Crippen molar-refractivity contribution < 1.29 is 29.7 Å². The molecule has 0 aliphatic rings. The number of aliphatic hydroxyl groups is 1. The molecule has 9 heteroatoms. The molecule has 4 N–H and O–H groups in total. The summed E-state index contributed by atoms with van der Waals surface area (Å²) in [6.45, 7) is 3.54. The second-order valence-electron chi connectivity index (χ2n) is 8.68. The van der Waals surface area contributed by atoms with E-state index in [-0.39, 0.29) is 11.1 Å². The Morgan fingerprint density at radius 2 is 1.32 bits per heavy atom. The molecular formula is C29H25N3O6. The number of nitrogens with one attached hydrogen (secondary N) is 1. The fourth-order valence-electron chi connectivity index (χ4n) is 4.33. The number of hydrogen-bond acceptors (Lipinski definition) is 5. The number of amides is 1. The average molecular weight is 512 g/mol. The topological polar surface area (TPSA) is 141 Å². The third-order valence-corrected chi connectivity index (χ3v) is 6.22. The van der Waals surface area contributed by atoms with Gasteiger partial charge in [0.15, 0.2) is 5.60 Å². The maximum atomic E-state index is 13.2. The number of benzene rings is 3. The van der Waals surface area contributed by atoms with E-state index in [0.29, 0.717) is 33.8 Å². The van der Waals surface area contributed by atoms with Gasteiger partial charge in [0.1, 0.15) is 0 Å². The number of rotatable bonds is 8. The van der Waals surface area contributed by atoms with E-state index in [1.807, 2.05) is 0 Å². The zero-order valence-corrected chi connectivity index (χ0v) is 20.6. The summed E-state index contributed by atoms with van der Waals surface area (Å²) in [5.41, 5.74) is 3.19. The predicted octanol–water partition coefficient (Wildman–Crippen LogP) is 3.88. The van der Waals surface area contributed by atoms with Crippen molar-refractivity contribution in [2.75, 3.05) is 0 Å². The summed E-state index contributed by atoms with van der Waals surface area (Å²) >= 11 is 0. The number of aryl methyl sites for hydroxylation is 1. The van der Waals surface area contributed by atoms with Crippen LogP contribution in [-0.2, 0) is 10.4 Å². The van der Waals surface area contributed by atoms with Crippen molar-refractivity contribution in [3.8, 4) is 5.69 Å². The Hall–Kier alpha value is -5.02. The number of aromatic nitrogens is 1. The molecule has 192 valence electrons. The van der Waals surface area contributed by atoms with Gasteiger partial charge in [-0.15, -0.1) is 0 Å². The molecule has 0 aliphatic carbocycles. The van der Waals surface area contributed by atoms with Crippen molar-refractivity contribution in [3.63, 3.8) is 0 Å². The first-order valence-electron chi connectivity index (χ1n) is 11.6. The van der Waals surface area contributed by atoms with Crippen LogP contribution < -0.4 is 5.43 Å². The molecule has 0 spiro atoms. The van der Waals surface area contributed by atoms with Crippen LogP contribution in [0.1, 0.15) is 48.8 Å². The van der Waals surface area contributed by atoms with Crippen LogP contribution in [0.4, 0.5) is 0 Å². The van der Waals surface area contributed by atoms with E-state index in [0.717, 1.165) is 6.07 Å². The minimum atomic E-state index is -1.98. The third-order valence-electron chi connectivity index (χ3n) is 6.22. The molecule has 1 aromatic heterocycles. The molecule has 0 bridgehead atoms. The van der Waals surface area contributed by atoms with Crippen molar-refractivity contribution in [2.24, 2.45) is 5.10 Å². The first-order chi connectivity index (χ1) is 18.1. The molecule has 1 heterocycles. The standard InChI is InChI=1S/C29H25N3O6/c1-18-13-22(19(2)32(18)25-15-20(26(33)34)14-21(16-25)27(35)36)17-30-31-28(37)29(38,23-9-5-3-6-10-23)24-11-7-4-8-12-24/h3-17,38H,1-2H3,(H,31,37)(H,33,34)(H,35,36)/b30-17-. The number of carboxylic acid groups (broad SMARTS) is 2. The van der Waals surface area contributed by atoms with Gasteiger partial charge in [0.2, 0.25) is 0 Å². The fraction of sp³-hybridized carbons (Fsp3) is 0.103. The molecule has 38 heavy (non-hydrogen) atoms. The van der Waals surface area contributed by atoms with Crippen LogP contribution in [0.15, 0.2) is 90.0 Å². The van der Waals surface area contributed by atoms with E-state index in [1.54, 1.807) is 85.1 Å². The Balaban J connectivity index is 1.65. The molecule has 0 saturated heterocycles. The lowest BCUT2D eigenvalue weighted by Crippen LogP contribution is -2.43. The van der Waals surface area contributed by atoms with Crippen LogP contribution in [0.2, 0.25) is 0 Å². The van der Waals surface area contributed by atoms with Crippen LogP contribution in [-0.4, -0.2) is 43.9 Å². The van der Waals surface area contributed by atoms with Gasteiger partial charge in [-0.25, -0.2) is 15.0 Å². The highest BCUT2D eigenvalue weighted by Gasteiger charge is 2.39. The molecule has 4 rings (SSSR count). The molecular weight excluding hydrogens is 486 g/mol. The van der Waals surface area contributed by atoms with Crippen molar-refractivity contribution in [1.82, 2.24) is 9.99 Å². The monoisotopic (exact) mass is 511 g/mol. The summed E-state index contributed by atoms with van der Waals surface area (Å²) < 4.78 is 1.70. The Morgan fingerprint density at radius 3 is 1.79 bits per heavy atom. The maximum Gasteiger partial charge on any atom is 0.335 e. The minimum absolute atomic E-state index is 0.156. The summed E-state index contributed by atoms with van der Waals surface area (Å²) in [6, 6.07) is 22.7. The maximum absolute atomic E-state index is 13.2. The molecule has 0 atom stereocenters. The van der Waals surface area contributed by atoms with Crippen molar-refractivity contribution in [1.29, 1.82) is 0 Å². The van der Waals surface area contributed by atoms with E-state index in [4.69, 9.17) is 0 Å². The molecule has 0 aliphatic heterocycles. The number of carbonyl (C=O) groups is 3. The van der Waals surface area contributed by atoms with Gasteiger partial charge >= 0.3 is 11.9 Å². The normalized spacial score (nSPS) is 11.4. The number of carboxylic acids is 2. The SMILES string of the molecule is Cc1cc(/C=N\NC(=O)C(O)(c2ccccc2)c2ccccc2)c(C)n1-c1cc(C(=O)O)cc(C(=O)O)c1. The number of hydrazone groups is 1. The van der Waals surface area contributed by atoms with E-state index in [2.05, 4.69) is 10.5 Å². The fourth-order valence-corrected chi connectivity index (χ4v) is 4.33. The average Bonchev–Trinajstić information content (AvgIpc) is 3.21. The molecule has 0 saturated carbocycles. The number of hydrogen-bond donors (Lipinski definition) is 4. The summed E-state index contributed by atoms with van der Waals surface area (Å²) in [5.74, 6) is -3.24. The molecule has 3 aromatic carbocycles. The predicted molar refractivity (Wildman–Crippen MR) is 141 cm³/mol. The highest BCUT2D eigenvalue weighted by molar-refractivity contribution is 5.95. The molecule has 0 radical (unpaired) electrons. The number of nitrogens with zero attached hydrogens (tertiary/aromatic N) is 2. The summed E-state index contributed by atoms with van der Waals surface area (Å²) in [6.07, 6.45) is 1.41. The van der Waals surface area contributed by atoms with Gasteiger partial charge < -0.3 is 19.9 Å². The lowest BCUT2D eigenvalue weighted by Gasteiger charge is -2.27. The lowest BCUT2D eigenvalue weighted by atomic mass is 9.85. The lowest BCUT2D eigenvalue weighted by molar-refractivity contribution is -0.136. The molecule has 1 amide bonds. The van der Waals surface area contributed by atoms with Crippen molar-refractivity contribution in [3.05, 3.63) is 124 Å². The Kier molecular flexibility index (Phi) is 7.22. The van der Waals surface area contributed by atoms with Crippen molar-refractivity contribution >= 4 is 24.1 Å². The Bertz CT molecular complexity index is 1470. The van der Waals surface area contributed by atoms with Gasteiger partial charge in [-0.05, 0) is 49.2 Å². The first kappa shape index (κ1) is 26.1. The highest BCUT2D eigenvalue weighted by Crippen LogP contribution is 2.30. The minimum Gasteiger partial charge on any atom is -0.478 e. The van der Waals surface area contributed by atoms with Gasteiger partial charge in [-0.2, -0.15) is 5.10 Å². The number of carbonyl (C=O) groups excluding carboxylic acids is 1. The van der Waals surface area contributed by atoms with Crippen LogP contribution in [0.25, 0.3) is 5.69 Å². The molecule has 4 aromatic rings. The second-order valence-corrected chi connectivity index (χ2v) is 8.68. The molecule has 0 fully saturated rings. The molecule has 9 nitrogen and oxygen atoms in total. The Morgan fingerprint density at radius 1 is 0.816 bits per heavy atom. The van der Waals surface area contributed by atoms with Crippen molar-refractivity contribution in [2.45, 2.75) is 19.4 Å². The zero-order chi connectivity index (χ0) is 27.4. The van der Waals surface area contributed by atoms with E-state index >= 15 is 0 Å². The van der Waals surface area contributed by atoms with Gasteiger partial charge in [-0.1, -0.05) is 60.7 Å². The van der Waals surface area contributed by atoms with Gasteiger partial charge in [0, 0.05) is 22.6 Å². The first-order valence-corrected chi connectivity index (χ1v) is 11.6. The van der Waals surface area contributed by atoms with Crippen LogP contribution >= 0.6 is 0 Å². The van der Waals surface area contributed by atoms with Crippen LogP contribution in [0, 0.1) is 13.8 Å². The van der Waals surface area contributed by atoms with E-state index in [1.165, 1.54) is 18.3 Å². The van der Waals surface area contributed by atoms with Crippen LogP contribution in [0.3, 0.4) is 0 Å². The van der Waals surface area contributed by atoms with E-state index in [9.17, 15) is 29.7 Å². The quantitative estimate of drug-likeness (QED) is 0.209. The van der Waals surface area contributed by atoms with Crippen LogP contribution in [0.5, 0.6) is 0 Å². The van der Waals surface area contributed by atoms with E-state index < -0.39 is 23.4 Å². The molecule has 0 unspecified atom stereocenters. The Labute approximate surface area is 218 Å². The summed E-state index contributed by atoms with van der Waals surface area (Å²) in [5, 5.41) is 34.4.